The van der Waals surface area contributed by atoms with E-state index >= 15 is 0 Å². The molecule has 0 bridgehead atoms. The van der Waals surface area contributed by atoms with Crippen LogP contribution in [-0.4, -0.2) is 32.0 Å². The van der Waals surface area contributed by atoms with E-state index in [0.717, 1.165) is 22.2 Å². The summed E-state index contributed by atoms with van der Waals surface area (Å²) in [5, 5.41) is 0.246. The van der Waals surface area contributed by atoms with Gasteiger partial charge in [0.25, 0.3) is 11.1 Å². The summed E-state index contributed by atoms with van der Waals surface area (Å²) in [6.45, 7) is 2.66. The first-order valence-corrected chi connectivity index (χ1v) is 12.3. The zero-order chi connectivity index (χ0) is 25.7. The van der Waals surface area contributed by atoms with Gasteiger partial charge in [0, 0.05) is 11.1 Å². The summed E-state index contributed by atoms with van der Waals surface area (Å²) in [5.41, 5.74) is 2.02. The van der Waals surface area contributed by atoms with Crippen LogP contribution in [0.25, 0.3) is 6.08 Å². The van der Waals surface area contributed by atoms with Crippen molar-refractivity contribution in [1.29, 1.82) is 0 Å². The normalized spacial score (nSPS) is 14.3. The lowest BCUT2D eigenvalue weighted by Gasteiger charge is -2.17. The predicted octanol–water partition coefficient (Wildman–Crippen LogP) is 6.58. The second-order valence-corrected chi connectivity index (χ2v) is 9.04. The minimum absolute atomic E-state index is 0.287. The molecule has 0 unspecified atom stereocenters. The monoisotopic (exact) mass is 525 g/mol. The standard InChI is InChI=1S/C27H24ClNO6S/c1-4-34-24-13-18(7-12-22(24)35-16-17-5-8-19(28)9-6-17)14-25-26(30)29(27(31)36-25)21-11-10-20(32-2)15-23(21)33-3/h5-15H,4,16H2,1-3H3/b25-14-. The van der Waals surface area contributed by atoms with Crippen molar-refractivity contribution in [1.82, 2.24) is 0 Å². The molecule has 1 heterocycles. The average molecular weight is 526 g/mol. The molecule has 0 radical (unpaired) electrons. The maximum absolute atomic E-state index is 13.2. The molecule has 1 aliphatic heterocycles. The minimum Gasteiger partial charge on any atom is -0.497 e. The number of ether oxygens (including phenoxy) is 4. The zero-order valence-electron chi connectivity index (χ0n) is 19.9. The highest BCUT2D eigenvalue weighted by atomic mass is 35.5. The van der Waals surface area contributed by atoms with Crippen LogP contribution in [-0.2, 0) is 11.4 Å². The summed E-state index contributed by atoms with van der Waals surface area (Å²) >= 11 is 6.81. The van der Waals surface area contributed by atoms with E-state index in [9.17, 15) is 9.59 Å². The van der Waals surface area contributed by atoms with Gasteiger partial charge in [-0.15, -0.1) is 0 Å². The van der Waals surface area contributed by atoms with Gasteiger partial charge in [-0.2, -0.15) is 0 Å². The first kappa shape index (κ1) is 25.5. The predicted molar refractivity (Wildman–Crippen MR) is 141 cm³/mol. The molecule has 4 rings (SSSR count). The molecule has 36 heavy (non-hydrogen) atoms. The molecule has 9 heteroatoms. The molecule has 3 aromatic rings. The van der Waals surface area contributed by atoms with Crippen molar-refractivity contribution in [3.63, 3.8) is 0 Å². The second-order valence-electron chi connectivity index (χ2n) is 7.61. The Labute approximate surface area is 218 Å². The lowest BCUT2D eigenvalue weighted by atomic mass is 10.1. The third-order valence-corrected chi connectivity index (χ3v) is 6.42. The maximum atomic E-state index is 13.2. The summed E-state index contributed by atoms with van der Waals surface area (Å²) < 4.78 is 22.3. The van der Waals surface area contributed by atoms with Crippen LogP contribution in [0, 0.1) is 0 Å². The Hall–Kier alpha value is -3.62. The number of thioether (sulfide) groups is 1. The van der Waals surface area contributed by atoms with Gasteiger partial charge in [0.2, 0.25) is 0 Å². The Balaban J connectivity index is 1.56. The van der Waals surface area contributed by atoms with Gasteiger partial charge in [-0.25, -0.2) is 4.90 Å². The Morgan fingerprint density at radius 3 is 2.36 bits per heavy atom. The summed E-state index contributed by atoms with van der Waals surface area (Å²) in [5.74, 6) is 1.59. The lowest BCUT2D eigenvalue weighted by Crippen LogP contribution is -2.28. The Morgan fingerprint density at radius 1 is 0.889 bits per heavy atom. The van der Waals surface area contributed by atoms with Crippen LogP contribution in [0.5, 0.6) is 23.0 Å². The van der Waals surface area contributed by atoms with E-state index in [2.05, 4.69) is 0 Å². The Morgan fingerprint density at radius 2 is 1.67 bits per heavy atom. The molecule has 1 fully saturated rings. The fraction of sp³-hybridized carbons (Fsp3) is 0.185. The molecular weight excluding hydrogens is 502 g/mol. The summed E-state index contributed by atoms with van der Waals surface area (Å²) in [4.78, 5) is 27.3. The third-order valence-electron chi connectivity index (χ3n) is 5.29. The van der Waals surface area contributed by atoms with Gasteiger partial charge in [0.15, 0.2) is 11.5 Å². The summed E-state index contributed by atoms with van der Waals surface area (Å²) in [6, 6.07) is 17.7. The molecule has 0 aliphatic carbocycles. The highest BCUT2D eigenvalue weighted by Gasteiger charge is 2.38. The van der Waals surface area contributed by atoms with Crippen molar-refractivity contribution in [3.05, 3.63) is 81.7 Å². The van der Waals surface area contributed by atoms with Crippen molar-refractivity contribution in [2.24, 2.45) is 0 Å². The molecule has 0 saturated carbocycles. The number of benzene rings is 3. The molecule has 3 aromatic carbocycles. The number of rotatable bonds is 9. The number of hydrogen-bond donors (Lipinski definition) is 0. The molecule has 1 aliphatic rings. The molecule has 0 N–H and O–H groups in total. The number of carbonyl (C=O) groups is 2. The molecule has 2 amide bonds. The molecular formula is C27H24ClNO6S. The minimum atomic E-state index is -0.436. The summed E-state index contributed by atoms with van der Waals surface area (Å²) in [7, 11) is 3.00. The van der Waals surface area contributed by atoms with E-state index in [1.165, 1.54) is 14.2 Å². The van der Waals surface area contributed by atoms with E-state index in [4.69, 9.17) is 30.5 Å². The number of methoxy groups -OCH3 is 2. The Kier molecular flexibility index (Phi) is 8.07. The van der Waals surface area contributed by atoms with E-state index in [-0.39, 0.29) is 4.91 Å². The number of halogens is 1. The first-order valence-electron chi connectivity index (χ1n) is 11.1. The second kappa shape index (κ2) is 11.4. The van der Waals surface area contributed by atoms with Crippen LogP contribution in [0.2, 0.25) is 5.02 Å². The smallest absolute Gasteiger partial charge is 0.298 e. The van der Waals surface area contributed by atoms with Gasteiger partial charge in [0.1, 0.15) is 18.1 Å². The molecule has 0 aromatic heterocycles. The lowest BCUT2D eigenvalue weighted by molar-refractivity contribution is -0.113. The molecule has 0 atom stereocenters. The van der Waals surface area contributed by atoms with Gasteiger partial charge in [-0.3, -0.25) is 9.59 Å². The zero-order valence-corrected chi connectivity index (χ0v) is 21.5. The van der Waals surface area contributed by atoms with Crippen LogP contribution in [0.3, 0.4) is 0 Å². The van der Waals surface area contributed by atoms with Crippen molar-refractivity contribution < 1.29 is 28.5 Å². The molecule has 186 valence electrons. The maximum Gasteiger partial charge on any atom is 0.298 e. The SMILES string of the molecule is CCOc1cc(/C=C2\SC(=O)N(c3ccc(OC)cc3OC)C2=O)ccc1OCc1ccc(Cl)cc1. The van der Waals surface area contributed by atoms with E-state index in [1.54, 1.807) is 48.5 Å². The van der Waals surface area contributed by atoms with Gasteiger partial charge in [0.05, 0.1) is 31.4 Å². The van der Waals surface area contributed by atoms with E-state index in [1.807, 2.05) is 25.1 Å². The topological polar surface area (TPSA) is 74.3 Å². The van der Waals surface area contributed by atoms with Crippen LogP contribution in [0.15, 0.2) is 65.6 Å². The number of nitrogens with zero attached hydrogens (tertiary/aromatic N) is 1. The van der Waals surface area contributed by atoms with Crippen molar-refractivity contribution in [2.45, 2.75) is 13.5 Å². The molecule has 0 spiro atoms. The van der Waals surface area contributed by atoms with Gasteiger partial charge in [-0.1, -0.05) is 29.8 Å². The highest BCUT2D eigenvalue weighted by molar-refractivity contribution is 8.19. The number of hydrogen-bond acceptors (Lipinski definition) is 7. The molecule has 1 saturated heterocycles. The van der Waals surface area contributed by atoms with Gasteiger partial charge < -0.3 is 18.9 Å². The number of imide groups is 1. The first-order chi connectivity index (χ1) is 17.4. The highest BCUT2D eigenvalue weighted by Crippen LogP contribution is 2.41. The Bertz CT molecular complexity index is 1310. The molecule has 7 nitrogen and oxygen atoms in total. The number of amides is 2. The van der Waals surface area contributed by atoms with Crippen LogP contribution in [0.4, 0.5) is 10.5 Å². The number of anilines is 1. The fourth-order valence-corrected chi connectivity index (χ4v) is 4.50. The van der Waals surface area contributed by atoms with Crippen LogP contribution < -0.4 is 23.8 Å². The van der Waals surface area contributed by atoms with Gasteiger partial charge in [-0.05, 0) is 72.3 Å². The van der Waals surface area contributed by atoms with Crippen molar-refractivity contribution >= 4 is 46.3 Å². The average Bonchev–Trinajstić information content (AvgIpc) is 3.16. The van der Waals surface area contributed by atoms with Crippen molar-refractivity contribution in [2.75, 3.05) is 25.7 Å². The van der Waals surface area contributed by atoms with Crippen LogP contribution >= 0.6 is 23.4 Å². The van der Waals surface area contributed by atoms with E-state index in [0.29, 0.717) is 52.5 Å². The fourth-order valence-electron chi connectivity index (χ4n) is 3.54. The quantitative estimate of drug-likeness (QED) is 0.292. The number of carbonyl (C=O) groups excluding carboxylic acids is 2. The largest absolute Gasteiger partial charge is 0.497 e. The van der Waals surface area contributed by atoms with Crippen molar-refractivity contribution in [3.8, 4) is 23.0 Å². The van der Waals surface area contributed by atoms with Crippen LogP contribution in [0.1, 0.15) is 18.1 Å². The van der Waals surface area contributed by atoms with E-state index < -0.39 is 11.1 Å². The summed E-state index contributed by atoms with van der Waals surface area (Å²) in [6.07, 6.45) is 1.66. The third kappa shape index (κ3) is 5.61. The van der Waals surface area contributed by atoms with Gasteiger partial charge >= 0.3 is 0 Å².